The highest BCUT2D eigenvalue weighted by atomic mass is 79.9. The van der Waals surface area contributed by atoms with Crippen molar-refractivity contribution >= 4 is 34.2 Å². The molecule has 122 valence electrons. The molecule has 2 saturated heterocycles. The van der Waals surface area contributed by atoms with Crippen LogP contribution in [0.4, 0.5) is 0 Å². The van der Waals surface area contributed by atoms with Crippen molar-refractivity contribution in [1.82, 2.24) is 10.2 Å². The number of fused-ring (bicyclic) bond motifs is 2. The first-order chi connectivity index (χ1) is 10.1. The maximum atomic E-state index is 12.4. The first kappa shape index (κ1) is 17.8. The minimum absolute atomic E-state index is 0. The fourth-order valence-corrected chi connectivity index (χ4v) is 4.11. The van der Waals surface area contributed by atoms with Crippen LogP contribution in [-0.2, 0) is 11.2 Å². The minimum atomic E-state index is 0. The van der Waals surface area contributed by atoms with Gasteiger partial charge in [0.05, 0.1) is 0 Å². The van der Waals surface area contributed by atoms with Gasteiger partial charge in [-0.25, -0.2) is 0 Å². The molecule has 0 spiro atoms. The van der Waals surface area contributed by atoms with Crippen molar-refractivity contribution in [3.05, 3.63) is 34.3 Å². The Morgan fingerprint density at radius 2 is 2.00 bits per heavy atom. The van der Waals surface area contributed by atoms with E-state index in [1.54, 1.807) is 0 Å². The Morgan fingerprint density at radius 1 is 1.32 bits per heavy atom. The second-order valence-electron chi connectivity index (χ2n) is 6.40. The Bertz CT molecular complexity index is 513. The summed E-state index contributed by atoms with van der Waals surface area (Å²) < 4.78 is 1.08. The summed E-state index contributed by atoms with van der Waals surface area (Å²) in [7, 11) is 1.98. The van der Waals surface area contributed by atoms with Crippen molar-refractivity contribution in [1.29, 1.82) is 0 Å². The smallest absolute Gasteiger partial charge is 0.222 e. The maximum Gasteiger partial charge on any atom is 0.222 e. The number of nitrogens with zero attached hydrogens (tertiary/aromatic N) is 1. The number of halogens is 2. The summed E-state index contributed by atoms with van der Waals surface area (Å²) in [6.07, 6.45) is 6.22. The van der Waals surface area contributed by atoms with Crippen molar-refractivity contribution < 1.29 is 4.79 Å². The summed E-state index contributed by atoms with van der Waals surface area (Å²) in [6.45, 7) is 0. The van der Waals surface area contributed by atoms with Gasteiger partial charge in [0, 0.05) is 36.1 Å². The molecule has 2 unspecified atom stereocenters. The third-order valence-corrected chi connectivity index (χ3v) is 5.40. The lowest BCUT2D eigenvalue weighted by Crippen LogP contribution is -2.48. The van der Waals surface area contributed by atoms with Gasteiger partial charge in [0.1, 0.15) is 0 Å². The maximum absolute atomic E-state index is 12.4. The van der Waals surface area contributed by atoms with Crippen LogP contribution in [-0.4, -0.2) is 36.0 Å². The molecule has 0 aromatic heterocycles. The molecule has 3 nitrogen and oxygen atoms in total. The highest BCUT2D eigenvalue weighted by molar-refractivity contribution is 9.10. The fraction of sp³-hybridized carbons (Fsp3) is 0.588. The van der Waals surface area contributed by atoms with Gasteiger partial charge in [-0.15, -0.1) is 12.4 Å². The highest BCUT2D eigenvalue weighted by Crippen LogP contribution is 2.29. The van der Waals surface area contributed by atoms with Crippen molar-refractivity contribution in [2.24, 2.45) is 0 Å². The van der Waals surface area contributed by atoms with Crippen LogP contribution in [0.3, 0.4) is 0 Å². The SMILES string of the molecule is CN(C(=O)CCc1cccc(Br)c1)C1CC2CCC(C1)N2.Cl. The molecule has 1 aromatic rings. The Balaban J connectivity index is 0.00000176. The van der Waals surface area contributed by atoms with Crippen molar-refractivity contribution in [2.45, 2.75) is 56.7 Å². The molecule has 2 bridgehead atoms. The number of rotatable bonds is 4. The Hall–Kier alpha value is -0.580. The lowest BCUT2D eigenvalue weighted by molar-refractivity contribution is -0.132. The molecule has 3 rings (SSSR count). The summed E-state index contributed by atoms with van der Waals surface area (Å²) in [5.41, 5.74) is 1.22. The third-order valence-electron chi connectivity index (χ3n) is 4.91. The molecule has 2 fully saturated rings. The van der Waals surface area contributed by atoms with E-state index in [-0.39, 0.29) is 18.3 Å². The van der Waals surface area contributed by atoms with Gasteiger partial charge in [0.15, 0.2) is 0 Å². The van der Waals surface area contributed by atoms with E-state index in [1.807, 2.05) is 24.1 Å². The van der Waals surface area contributed by atoms with Crippen LogP contribution in [0.15, 0.2) is 28.7 Å². The molecule has 2 heterocycles. The number of carbonyl (C=O) groups is 1. The van der Waals surface area contributed by atoms with Crippen LogP contribution < -0.4 is 5.32 Å². The quantitative estimate of drug-likeness (QED) is 0.857. The van der Waals surface area contributed by atoms with Gasteiger partial charge in [0.25, 0.3) is 0 Å². The van der Waals surface area contributed by atoms with Gasteiger partial charge >= 0.3 is 0 Å². The monoisotopic (exact) mass is 386 g/mol. The van der Waals surface area contributed by atoms with Gasteiger partial charge in [-0.05, 0) is 49.8 Å². The average Bonchev–Trinajstić information content (AvgIpc) is 2.82. The van der Waals surface area contributed by atoms with Gasteiger partial charge in [-0.3, -0.25) is 4.79 Å². The molecule has 1 N–H and O–H groups in total. The molecule has 2 atom stereocenters. The Kier molecular flexibility index (Phi) is 6.30. The van der Waals surface area contributed by atoms with E-state index in [2.05, 4.69) is 33.4 Å². The predicted octanol–water partition coefficient (Wildman–Crippen LogP) is 3.54. The zero-order valence-corrected chi connectivity index (χ0v) is 15.3. The molecule has 2 aliphatic rings. The summed E-state index contributed by atoms with van der Waals surface area (Å²) in [4.78, 5) is 14.4. The van der Waals surface area contributed by atoms with E-state index < -0.39 is 0 Å². The molecule has 0 radical (unpaired) electrons. The van der Waals surface area contributed by atoms with E-state index in [4.69, 9.17) is 0 Å². The van der Waals surface area contributed by atoms with E-state index in [0.717, 1.165) is 23.7 Å². The molecular weight excluding hydrogens is 364 g/mol. The number of aryl methyl sites for hydroxylation is 1. The predicted molar refractivity (Wildman–Crippen MR) is 95.4 cm³/mol. The van der Waals surface area contributed by atoms with Crippen LogP contribution in [0.5, 0.6) is 0 Å². The molecule has 2 aliphatic heterocycles. The minimum Gasteiger partial charge on any atom is -0.343 e. The molecule has 1 aromatic carbocycles. The lowest BCUT2D eigenvalue weighted by atomic mass is 9.98. The van der Waals surface area contributed by atoms with E-state index in [0.29, 0.717) is 24.5 Å². The zero-order chi connectivity index (χ0) is 14.8. The van der Waals surface area contributed by atoms with Crippen molar-refractivity contribution in [2.75, 3.05) is 7.05 Å². The second-order valence-corrected chi connectivity index (χ2v) is 7.31. The van der Waals surface area contributed by atoms with E-state index in [9.17, 15) is 4.79 Å². The Labute approximate surface area is 147 Å². The number of hydrogen-bond acceptors (Lipinski definition) is 2. The number of piperidine rings is 1. The number of benzene rings is 1. The van der Waals surface area contributed by atoms with Crippen LogP contribution in [0, 0.1) is 0 Å². The van der Waals surface area contributed by atoms with E-state index >= 15 is 0 Å². The number of carbonyl (C=O) groups excluding carboxylic acids is 1. The molecular formula is C17H24BrClN2O. The molecule has 5 heteroatoms. The van der Waals surface area contributed by atoms with Gasteiger partial charge in [0.2, 0.25) is 5.91 Å². The number of nitrogens with one attached hydrogen (secondary N) is 1. The topological polar surface area (TPSA) is 32.3 Å². The average molecular weight is 388 g/mol. The standard InChI is InChI=1S/C17H23BrN2O.ClH/c1-20(16-10-14-6-7-15(11-16)19-14)17(21)8-5-12-3-2-4-13(18)9-12;/h2-4,9,14-16,19H,5-8,10-11H2,1H3;1H. The molecule has 0 aliphatic carbocycles. The number of amides is 1. The summed E-state index contributed by atoms with van der Waals surface area (Å²) in [6, 6.07) is 9.92. The first-order valence-electron chi connectivity index (χ1n) is 7.88. The van der Waals surface area contributed by atoms with Gasteiger partial charge in [-0.2, -0.15) is 0 Å². The normalized spacial score (nSPS) is 26.4. The Morgan fingerprint density at radius 3 is 2.64 bits per heavy atom. The summed E-state index contributed by atoms with van der Waals surface area (Å²) in [5, 5.41) is 3.63. The fourth-order valence-electron chi connectivity index (χ4n) is 3.67. The molecule has 1 amide bonds. The number of hydrogen-bond donors (Lipinski definition) is 1. The summed E-state index contributed by atoms with van der Waals surface area (Å²) >= 11 is 3.48. The summed E-state index contributed by atoms with van der Waals surface area (Å²) in [5.74, 6) is 0.279. The first-order valence-corrected chi connectivity index (χ1v) is 8.67. The molecule has 22 heavy (non-hydrogen) atoms. The van der Waals surface area contributed by atoms with Crippen LogP contribution in [0.1, 0.15) is 37.7 Å². The van der Waals surface area contributed by atoms with Crippen LogP contribution >= 0.6 is 28.3 Å². The third kappa shape index (κ3) is 4.24. The second kappa shape index (κ2) is 7.80. The van der Waals surface area contributed by atoms with Crippen molar-refractivity contribution in [3.63, 3.8) is 0 Å². The van der Waals surface area contributed by atoms with Crippen molar-refractivity contribution in [3.8, 4) is 0 Å². The largest absolute Gasteiger partial charge is 0.343 e. The zero-order valence-electron chi connectivity index (χ0n) is 12.9. The van der Waals surface area contributed by atoms with Gasteiger partial charge < -0.3 is 10.2 Å². The lowest BCUT2D eigenvalue weighted by Gasteiger charge is -2.35. The van der Waals surface area contributed by atoms with E-state index in [1.165, 1.54) is 18.4 Å². The molecule has 0 saturated carbocycles. The highest BCUT2D eigenvalue weighted by Gasteiger charge is 2.36. The van der Waals surface area contributed by atoms with Crippen LogP contribution in [0.2, 0.25) is 0 Å². The van der Waals surface area contributed by atoms with Crippen LogP contribution in [0.25, 0.3) is 0 Å². The van der Waals surface area contributed by atoms with Gasteiger partial charge in [-0.1, -0.05) is 28.1 Å².